The van der Waals surface area contributed by atoms with Gasteiger partial charge in [0.2, 0.25) is 10.0 Å². The predicted octanol–water partition coefficient (Wildman–Crippen LogP) is 2.13. The number of nitrogens with one attached hydrogen (secondary N) is 1. The van der Waals surface area contributed by atoms with E-state index in [1.165, 1.54) is 5.56 Å². The van der Waals surface area contributed by atoms with Gasteiger partial charge in [-0.15, -0.1) is 0 Å². The maximum atomic E-state index is 11.9. The lowest BCUT2D eigenvalue weighted by Gasteiger charge is -2.15. The Morgan fingerprint density at radius 3 is 2.75 bits per heavy atom. The molecular formula is C15H23NO3S. The highest BCUT2D eigenvalue weighted by Gasteiger charge is 2.17. The van der Waals surface area contributed by atoms with Crippen LogP contribution < -0.4 is 9.46 Å². The molecule has 0 aromatic heterocycles. The molecule has 5 heteroatoms. The van der Waals surface area contributed by atoms with E-state index in [4.69, 9.17) is 4.74 Å². The van der Waals surface area contributed by atoms with E-state index in [1.54, 1.807) is 0 Å². The fourth-order valence-corrected chi connectivity index (χ4v) is 4.23. The summed E-state index contributed by atoms with van der Waals surface area (Å²) in [5.41, 5.74) is 2.37. The highest BCUT2D eigenvalue weighted by Crippen LogP contribution is 2.26. The minimum Gasteiger partial charge on any atom is -0.493 e. The number of ether oxygens (including phenoxy) is 1. The van der Waals surface area contributed by atoms with Crippen LogP contribution in [-0.2, 0) is 22.9 Å². The van der Waals surface area contributed by atoms with Gasteiger partial charge in [0.25, 0.3) is 0 Å². The zero-order chi connectivity index (χ0) is 14.8. The van der Waals surface area contributed by atoms with Gasteiger partial charge in [0, 0.05) is 12.5 Å². The molecule has 0 unspecified atom stereocenters. The summed E-state index contributed by atoms with van der Waals surface area (Å²) < 4.78 is 32.0. The van der Waals surface area contributed by atoms with Gasteiger partial charge in [0.1, 0.15) is 5.75 Å². The van der Waals surface area contributed by atoms with Crippen molar-refractivity contribution >= 4 is 10.0 Å². The van der Waals surface area contributed by atoms with Crippen LogP contribution in [0.1, 0.15) is 31.9 Å². The monoisotopic (exact) mass is 297 g/mol. The summed E-state index contributed by atoms with van der Waals surface area (Å²) in [4.78, 5) is 0. The van der Waals surface area contributed by atoms with Gasteiger partial charge in [0.05, 0.1) is 12.4 Å². The largest absolute Gasteiger partial charge is 0.493 e. The SMILES string of the molecule is CC(C)CS(=O)(=O)N[C@@H](C)Cc1ccc2c(c1)CCO2. The molecule has 0 aliphatic carbocycles. The molecule has 112 valence electrons. The van der Waals surface area contributed by atoms with E-state index in [-0.39, 0.29) is 17.7 Å². The summed E-state index contributed by atoms with van der Waals surface area (Å²) in [5.74, 6) is 1.27. The second-order valence-electron chi connectivity index (χ2n) is 5.94. The normalized spacial score (nSPS) is 16.0. The van der Waals surface area contributed by atoms with Crippen LogP contribution in [0.2, 0.25) is 0 Å². The van der Waals surface area contributed by atoms with Gasteiger partial charge >= 0.3 is 0 Å². The number of fused-ring (bicyclic) bond motifs is 1. The van der Waals surface area contributed by atoms with Gasteiger partial charge < -0.3 is 4.74 Å². The highest BCUT2D eigenvalue weighted by molar-refractivity contribution is 7.89. The quantitative estimate of drug-likeness (QED) is 0.875. The third-order valence-corrected chi connectivity index (χ3v) is 5.10. The lowest BCUT2D eigenvalue weighted by Crippen LogP contribution is -2.36. The molecule has 0 bridgehead atoms. The first kappa shape index (κ1) is 15.3. The van der Waals surface area contributed by atoms with Crippen molar-refractivity contribution in [3.05, 3.63) is 29.3 Å². The first-order valence-corrected chi connectivity index (χ1v) is 8.75. The van der Waals surface area contributed by atoms with Crippen LogP contribution in [0.15, 0.2) is 18.2 Å². The van der Waals surface area contributed by atoms with Gasteiger partial charge in [0.15, 0.2) is 0 Å². The molecule has 1 atom stereocenters. The summed E-state index contributed by atoms with van der Waals surface area (Å²) in [7, 11) is -3.19. The topological polar surface area (TPSA) is 55.4 Å². The molecule has 1 aromatic rings. The molecule has 0 saturated heterocycles. The molecule has 0 saturated carbocycles. The Hall–Kier alpha value is -1.07. The van der Waals surface area contributed by atoms with E-state index in [2.05, 4.69) is 10.8 Å². The molecule has 2 rings (SSSR count). The van der Waals surface area contributed by atoms with Crippen LogP contribution in [0.3, 0.4) is 0 Å². The second kappa shape index (κ2) is 6.14. The lowest BCUT2D eigenvalue weighted by molar-refractivity contribution is 0.357. The maximum Gasteiger partial charge on any atom is 0.212 e. The molecule has 1 heterocycles. The van der Waals surface area contributed by atoms with Crippen LogP contribution in [0.4, 0.5) is 0 Å². The van der Waals surface area contributed by atoms with Crippen LogP contribution >= 0.6 is 0 Å². The summed E-state index contributed by atoms with van der Waals surface area (Å²) >= 11 is 0. The third kappa shape index (κ3) is 4.21. The van der Waals surface area contributed by atoms with E-state index in [0.29, 0.717) is 6.42 Å². The standard InChI is InChI=1S/C15H23NO3S/c1-11(2)10-20(17,18)16-12(3)8-13-4-5-15-14(9-13)6-7-19-15/h4-5,9,11-12,16H,6-8,10H2,1-3H3/t12-/m0/s1. The summed E-state index contributed by atoms with van der Waals surface area (Å²) in [6, 6.07) is 6.01. The van der Waals surface area contributed by atoms with Gasteiger partial charge in [-0.1, -0.05) is 26.0 Å². The molecule has 0 fully saturated rings. The Labute approximate surface area is 121 Å². The smallest absolute Gasteiger partial charge is 0.212 e. The van der Waals surface area contributed by atoms with Crippen molar-refractivity contribution in [2.45, 2.75) is 39.7 Å². The molecule has 4 nitrogen and oxygen atoms in total. The van der Waals surface area contributed by atoms with Gasteiger partial charge in [-0.05, 0) is 36.5 Å². The average Bonchev–Trinajstić information content (AvgIpc) is 2.72. The Morgan fingerprint density at radius 2 is 2.05 bits per heavy atom. The lowest BCUT2D eigenvalue weighted by atomic mass is 10.0. The number of hydrogen-bond acceptors (Lipinski definition) is 3. The first-order valence-electron chi connectivity index (χ1n) is 7.10. The van der Waals surface area contributed by atoms with Crippen LogP contribution in [0.5, 0.6) is 5.75 Å². The van der Waals surface area contributed by atoms with Crippen LogP contribution in [0.25, 0.3) is 0 Å². The Kier molecular flexibility index (Phi) is 4.70. The van der Waals surface area contributed by atoms with Gasteiger partial charge in [-0.3, -0.25) is 0 Å². The number of rotatable bonds is 6. The van der Waals surface area contributed by atoms with Crippen molar-refractivity contribution in [1.29, 1.82) is 0 Å². The summed E-state index contributed by atoms with van der Waals surface area (Å²) in [5, 5.41) is 0. The number of hydrogen-bond donors (Lipinski definition) is 1. The minimum absolute atomic E-state index is 0.0980. The number of benzene rings is 1. The zero-order valence-corrected chi connectivity index (χ0v) is 13.2. The molecule has 0 spiro atoms. The zero-order valence-electron chi connectivity index (χ0n) is 12.3. The Balaban J connectivity index is 1.96. The van der Waals surface area contributed by atoms with Crippen molar-refractivity contribution in [1.82, 2.24) is 4.72 Å². The van der Waals surface area contributed by atoms with Crippen LogP contribution in [-0.4, -0.2) is 26.8 Å². The minimum atomic E-state index is -3.19. The van der Waals surface area contributed by atoms with Crippen molar-refractivity contribution in [2.75, 3.05) is 12.4 Å². The van der Waals surface area contributed by atoms with E-state index in [9.17, 15) is 8.42 Å². The average molecular weight is 297 g/mol. The molecule has 1 N–H and O–H groups in total. The summed E-state index contributed by atoms with van der Waals surface area (Å²) in [6.07, 6.45) is 1.64. The molecule has 1 aliphatic rings. The van der Waals surface area contributed by atoms with E-state index >= 15 is 0 Å². The molecule has 20 heavy (non-hydrogen) atoms. The fourth-order valence-electron chi connectivity index (χ4n) is 2.56. The fraction of sp³-hybridized carbons (Fsp3) is 0.600. The maximum absolute atomic E-state index is 11.9. The van der Waals surface area contributed by atoms with Crippen molar-refractivity contribution in [2.24, 2.45) is 5.92 Å². The Bertz CT molecular complexity index is 566. The molecular weight excluding hydrogens is 274 g/mol. The van der Waals surface area contributed by atoms with Crippen molar-refractivity contribution in [3.8, 4) is 5.75 Å². The highest BCUT2D eigenvalue weighted by atomic mass is 32.2. The van der Waals surface area contributed by atoms with Crippen LogP contribution in [0, 0.1) is 5.92 Å². The summed E-state index contributed by atoms with van der Waals surface area (Å²) in [6.45, 7) is 6.46. The first-order chi connectivity index (χ1) is 9.35. The number of sulfonamides is 1. The molecule has 1 aliphatic heterocycles. The molecule has 0 amide bonds. The van der Waals surface area contributed by atoms with Gasteiger partial charge in [-0.2, -0.15) is 0 Å². The van der Waals surface area contributed by atoms with Crippen molar-refractivity contribution in [3.63, 3.8) is 0 Å². The predicted molar refractivity (Wildman–Crippen MR) is 80.6 cm³/mol. The van der Waals surface area contributed by atoms with E-state index in [0.717, 1.165) is 24.3 Å². The van der Waals surface area contributed by atoms with Crippen molar-refractivity contribution < 1.29 is 13.2 Å². The van der Waals surface area contributed by atoms with E-state index < -0.39 is 10.0 Å². The van der Waals surface area contributed by atoms with E-state index in [1.807, 2.05) is 32.9 Å². The Morgan fingerprint density at radius 1 is 1.30 bits per heavy atom. The molecule has 1 aromatic carbocycles. The second-order valence-corrected chi connectivity index (χ2v) is 7.74. The van der Waals surface area contributed by atoms with Gasteiger partial charge in [-0.25, -0.2) is 13.1 Å². The third-order valence-electron chi connectivity index (χ3n) is 3.23. The molecule has 0 radical (unpaired) electrons.